The van der Waals surface area contributed by atoms with Gasteiger partial charge in [-0.1, -0.05) is 25.9 Å². The highest BCUT2D eigenvalue weighted by Gasteiger charge is 2.42. The van der Waals surface area contributed by atoms with Crippen molar-refractivity contribution in [3.05, 3.63) is 11.7 Å². The van der Waals surface area contributed by atoms with Gasteiger partial charge in [0.25, 0.3) is 0 Å². The third kappa shape index (κ3) is 2.68. The zero-order valence-electron chi connectivity index (χ0n) is 10.9. The molecule has 1 aliphatic carbocycles. The summed E-state index contributed by atoms with van der Waals surface area (Å²) in [6, 6.07) is -0.388. The zero-order valence-corrected chi connectivity index (χ0v) is 10.9. The lowest BCUT2D eigenvalue weighted by atomic mass is 9.87. The van der Waals surface area contributed by atoms with E-state index in [4.69, 9.17) is 10.3 Å². The first-order chi connectivity index (χ1) is 8.19. The van der Waals surface area contributed by atoms with Crippen molar-refractivity contribution in [2.45, 2.75) is 57.9 Å². The van der Waals surface area contributed by atoms with Crippen LogP contribution in [-0.2, 0) is 0 Å². The Bertz CT molecular complexity index is 425. The molecule has 0 aliphatic heterocycles. The van der Waals surface area contributed by atoms with Gasteiger partial charge in [-0.2, -0.15) is 4.98 Å². The van der Waals surface area contributed by atoms with E-state index in [9.17, 15) is 8.78 Å². The minimum Gasteiger partial charge on any atom is -0.338 e. The number of hydrogen-bond acceptors (Lipinski definition) is 4. The van der Waals surface area contributed by atoms with Crippen molar-refractivity contribution >= 4 is 0 Å². The number of nitrogens with zero attached hydrogens (tertiary/aromatic N) is 2. The largest absolute Gasteiger partial charge is 0.338 e. The maximum absolute atomic E-state index is 13.1. The lowest BCUT2D eigenvalue weighted by Gasteiger charge is -2.23. The molecule has 0 saturated heterocycles. The molecular weight excluding hydrogens is 240 g/mol. The summed E-state index contributed by atoms with van der Waals surface area (Å²) in [5.41, 5.74) is 5.79. The van der Waals surface area contributed by atoms with Gasteiger partial charge in [0.15, 0.2) is 5.82 Å². The number of rotatable bonds is 2. The second-order valence-corrected chi connectivity index (χ2v) is 6.13. The zero-order chi connectivity index (χ0) is 13.6. The van der Waals surface area contributed by atoms with Gasteiger partial charge in [0.05, 0.1) is 6.04 Å². The van der Waals surface area contributed by atoms with Crippen molar-refractivity contribution in [2.24, 2.45) is 11.1 Å². The smallest absolute Gasteiger partial charge is 0.248 e. The van der Waals surface area contributed by atoms with E-state index in [0.29, 0.717) is 18.1 Å². The fraction of sp³-hybridized carbons (Fsp3) is 0.833. The fourth-order valence-corrected chi connectivity index (χ4v) is 2.08. The lowest BCUT2D eigenvalue weighted by Crippen LogP contribution is -2.26. The SMILES string of the molecule is CC(C)(C)[C@@H](N)c1nc(C2CCC(F)(F)C2)no1. The van der Waals surface area contributed by atoms with Crippen LogP contribution in [0.15, 0.2) is 4.52 Å². The summed E-state index contributed by atoms with van der Waals surface area (Å²) in [7, 11) is 0. The van der Waals surface area contributed by atoms with Gasteiger partial charge in [-0.3, -0.25) is 0 Å². The molecule has 102 valence electrons. The molecule has 0 spiro atoms. The Kier molecular flexibility index (Phi) is 3.17. The Balaban J connectivity index is 2.12. The summed E-state index contributed by atoms with van der Waals surface area (Å²) >= 11 is 0. The van der Waals surface area contributed by atoms with Gasteiger partial charge in [-0.25, -0.2) is 8.78 Å². The number of nitrogens with two attached hydrogens (primary N) is 1. The van der Waals surface area contributed by atoms with Gasteiger partial charge in [0.1, 0.15) is 0 Å². The van der Waals surface area contributed by atoms with E-state index in [1.807, 2.05) is 20.8 Å². The summed E-state index contributed by atoms with van der Waals surface area (Å²) in [5.74, 6) is -2.23. The Morgan fingerprint density at radius 2 is 2.11 bits per heavy atom. The van der Waals surface area contributed by atoms with E-state index in [0.717, 1.165) is 0 Å². The summed E-state index contributed by atoms with van der Waals surface area (Å²) in [4.78, 5) is 4.19. The van der Waals surface area contributed by atoms with Crippen LogP contribution in [0.4, 0.5) is 8.78 Å². The first-order valence-electron chi connectivity index (χ1n) is 6.16. The molecule has 0 aromatic carbocycles. The first-order valence-corrected chi connectivity index (χ1v) is 6.16. The second kappa shape index (κ2) is 4.26. The predicted octanol–water partition coefficient (Wildman–Crippen LogP) is 3.02. The molecule has 4 nitrogen and oxygen atoms in total. The third-order valence-electron chi connectivity index (χ3n) is 3.43. The van der Waals surface area contributed by atoms with E-state index in [-0.39, 0.29) is 30.2 Å². The highest BCUT2D eigenvalue weighted by Crippen LogP contribution is 2.43. The second-order valence-electron chi connectivity index (χ2n) is 6.13. The van der Waals surface area contributed by atoms with Gasteiger partial charge >= 0.3 is 0 Å². The van der Waals surface area contributed by atoms with Gasteiger partial charge in [0, 0.05) is 18.8 Å². The van der Waals surface area contributed by atoms with Crippen molar-refractivity contribution < 1.29 is 13.3 Å². The molecule has 2 N–H and O–H groups in total. The number of halogens is 2. The van der Waals surface area contributed by atoms with Crippen LogP contribution in [-0.4, -0.2) is 16.1 Å². The molecule has 6 heteroatoms. The van der Waals surface area contributed by atoms with Crippen LogP contribution in [0.3, 0.4) is 0 Å². The van der Waals surface area contributed by atoms with Gasteiger partial charge in [0.2, 0.25) is 11.8 Å². The fourth-order valence-electron chi connectivity index (χ4n) is 2.08. The standard InChI is InChI=1S/C12H19F2N3O/c1-11(2,3)8(15)10-16-9(17-18-10)7-4-5-12(13,14)6-7/h7-8H,4-6,15H2,1-3H3/t7?,8-/m0/s1. The van der Waals surface area contributed by atoms with Crippen LogP contribution >= 0.6 is 0 Å². The van der Waals surface area contributed by atoms with Crippen molar-refractivity contribution in [3.63, 3.8) is 0 Å². The molecular formula is C12H19F2N3O. The molecule has 1 unspecified atom stereocenters. The maximum atomic E-state index is 13.1. The van der Waals surface area contributed by atoms with E-state index in [2.05, 4.69) is 10.1 Å². The quantitative estimate of drug-likeness (QED) is 0.886. The van der Waals surface area contributed by atoms with E-state index < -0.39 is 5.92 Å². The maximum Gasteiger partial charge on any atom is 0.248 e. The monoisotopic (exact) mass is 259 g/mol. The van der Waals surface area contributed by atoms with Gasteiger partial charge < -0.3 is 10.3 Å². The number of hydrogen-bond donors (Lipinski definition) is 1. The van der Waals surface area contributed by atoms with Crippen molar-refractivity contribution in [2.75, 3.05) is 0 Å². The first kappa shape index (κ1) is 13.4. The highest BCUT2D eigenvalue weighted by molar-refractivity contribution is 5.04. The van der Waals surface area contributed by atoms with Crippen molar-refractivity contribution in [1.29, 1.82) is 0 Å². The predicted molar refractivity (Wildman–Crippen MR) is 62.2 cm³/mol. The summed E-state index contributed by atoms with van der Waals surface area (Å²) in [6.07, 6.45) is 0.0975. The number of alkyl halides is 2. The minimum absolute atomic E-state index is 0.104. The molecule has 0 amide bonds. The average Bonchev–Trinajstić information content (AvgIpc) is 2.81. The third-order valence-corrected chi connectivity index (χ3v) is 3.43. The van der Waals surface area contributed by atoms with E-state index >= 15 is 0 Å². The molecule has 18 heavy (non-hydrogen) atoms. The Labute approximate surface area is 105 Å². The Morgan fingerprint density at radius 1 is 1.44 bits per heavy atom. The Hall–Kier alpha value is -1.04. The summed E-state index contributed by atoms with van der Waals surface area (Å²) in [6.45, 7) is 5.89. The van der Waals surface area contributed by atoms with Crippen LogP contribution in [0.1, 0.15) is 63.7 Å². The highest BCUT2D eigenvalue weighted by atomic mass is 19.3. The average molecular weight is 259 g/mol. The van der Waals surface area contributed by atoms with Crippen molar-refractivity contribution in [1.82, 2.24) is 10.1 Å². The van der Waals surface area contributed by atoms with Crippen LogP contribution in [0, 0.1) is 5.41 Å². The molecule has 2 atom stereocenters. The summed E-state index contributed by atoms with van der Waals surface area (Å²) < 4.78 is 31.4. The topological polar surface area (TPSA) is 64.9 Å². The molecule has 2 rings (SSSR count). The molecule has 0 radical (unpaired) electrons. The van der Waals surface area contributed by atoms with Crippen LogP contribution in [0.5, 0.6) is 0 Å². The lowest BCUT2D eigenvalue weighted by molar-refractivity contribution is 0.00749. The molecule has 1 aromatic rings. The Morgan fingerprint density at radius 3 is 2.61 bits per heavy atom. The molecule has 0 bridgehead atoms. The van der Waals surface area contributed by atoms with Gasteiger partial charge in [-0.05, 0) is 11.8 Å². The summed E-state index contributed by atoms with van der Waals surface area (Å²) in [5, 5.41) is 3.80. The molecule has 1 heterocycles. The number of aromatic nitrogens is 2. The normalized spacial score (nSPS) is 25.3. The van der Waals surface area contributed by atoms with Crippen LogP contribution in [0.2, 0.25) is 0 Å². The molecule has 1 saturated carbocycles. The molecule has 1 aliphatic rings. The molecule has 1 aromatic heterocycles. The molecule has 1 fully saturated rings. The van der Waals surface area contributed by atoms with Crippen LogP contribution < -0.4 is 5.73 Å². The van der Waals surface area contributed by atoms with Crippen molar-refractivity contribution in [3.8, 4) is 0 Å². The van der Waals surface area contributed by atoms with E-state index in [1.165, 1.54) is 0 Å². The minimum atomic E-state index is -2.60. The van der Waals surface area contributed by atoms with Crippen LogP contribution in [0.25, 0.3) is 0 Å². The van der Waals surface area contributed by atoms with E-state index in [1.54, 1.807) is 0 Å². The van der Waals surface area contributed by atoms with Gasteiger partial charge in [-0.15, -0.1) is 0 Å².